The molecule has 8 heteroatoms. The molecule has 0 saturated heterocycles. The topological polar surface area (TPSA) is 119 Å². The van der Waals surface area contributed by atoms with Crippen LogP contribution in [-0.2, 0) is 4.79 Å². The molecule has 1 atom stereocenters. The number of benzene rings is 3. The number of rotatable bonds is 7. The van der Waals surface area contributed by atoms with Crippen molar-refractivity contribution in [3.05, 3.63) is 84.3 Å². The highest BCUT2D eigenvalue weighted by Gasteiger charge is 2.19. The maximum atomic E-state index is 12.7. The van der Waals surface area contributed by atoms with Gasteiger partial charge in [0, 0.05) is 12.6 Å². The third-order valence-corrected chi connectivity index (χ3v) is 4.72. The predicted molar refractivity (Wildman–Crippen MR) is 120 cm³/mol. The summed E-state index contributed by atoms with van der Waals surface area (Å²) < 4.78 is 11.3. The summed E-state index contributed by atoms with van der Waals surface area (Å²) in [6, 6.07) is 20.3. The lowest BCUT2D eigenvalue weighted by Crippen LogP contribution is -2.35. The first-order valence-electron chi connectivity index (χ1n) is 10.0. The third-order valence-electron chi connectivity index (χ3n) is 4.72. The molecule has 32 heavy (non-hydrogen) atoms. The van der Waals surface area contributed by atoms with Gasteiger partial charge in [-0.15, -0.1) is 0 Å². The van der Waals surface area contributed by atoms with Gasteiger partial charge in [0.1, 0.15) is 17.0 Å². The van der Waals surface area contributed by atoms with Gasteiger partial charge in [0.05, 0.1) is 12.5 Å². The van der Waals surface area contributed by atoms with Gasteiger partial charge >= 0.3 is 6.03 Å². The molecule has 162 valence electrons. The number of nitrogens with zero attached hydrogens (tertiary/aromatic N) is 1. The summed E-state index contributed by atoms with van der Waals surface area (Å²) in [4.78, 5) is 28.6. The molecule has 1 unspecified atom stereocenters. The number of anilines is 1. The van der Waals surface area contributed by atoms with E-state index in [2.05, 4.69) is 15.6 Å². The van der Waals surface area contributed by atoms with Crippen molar-refractivity contribution in [2.75, 3.05) is 5.32 Å². The van der Waals surface area contributed by atoms with E-state index in [1.54, 1.807) is 49.4 Å². The lowest BCUT2D eigenvalue weighted by molar-refractivity contribution is -0.116. The van der Waals surface area contributed by atoms with Gasteiger partial charge in [-0.25, -0.2) is 9.78 Å². The van der Waals surface area contributed by atoms with E-state index in [1.165, 1.54) is 0 Å². The first-order chi connectivity index (χ1) is 15.5. The van der Waals surface area contributed by atoms with E-state index < -0.39 is 12.1 Å². The number of fused-ring (bicyclic) bond motifs is 1. The molecule has 0 saturated carbocycles. The van der Waals surface area contributed by atoms with Crippen LogP contribution in [0.4, 0.5) is 10.5 Å². The smallest absolute Gasteiger partial charge is 0.312 e. The quantitative estimate of drug-likeness (QED) is 0.394. The highest BCUT2D eigenvalue weighted by Crippen LogP contribution is 2.26. The van der Waals surface area contributed by atoms with Crippen molar-refractivity contribution in [3.63, 3.8) is 0 Å². The Morgan fingerprint density at radius 1 is 1.03 bits per heavy atom. The van der Waals surface area contributed by atoms with Crippen LogP contribution in [0.15, 0.2) is 77.2 Å². The number of carbonyl (C=O) groups is 2. The van der Waals surface area contributed by atoms with Crippen molar-refractivity contribution in [2.24, 2.45) is 5.73 Å². The molecule has 0 aliphatic carbocycles. The standard InChI is InChI=1S/C24H22N4O4/c1-15-26-21-13-17(10-11-22(21)31-15)27-23(29)14-20(28-24(25)30)16-6-5-9-19(12-16)32-18-7-3-2-4-8-18/h2-13,20H,14H2,1H3,(H,27,29)(H3,25,28,30). The molecule has 0 radical (unpaired) electrons. The fourth-order valence-corrected chi connectivity index (χ4v) is 3.36. The van der Waals surface area contributed by atoms with Crippen molar-refractivity contribution >= 4 is 28.7 Å². The van der Waals surface area contributed by atoms with Gasteiger partial charge in [-0.1, -0.05) is 30.3 Å². The van der Waals surface area contributed by atoms with Crippen molar-refractivity contribution in [1.82, 2.24) is 10.3 Å². The van der Waals surface area contributed by atoms with Crippen molar-refractivity contribution < 1.29 is 18.7 Å². The van der Waals surface area contributed by atoms with Crippen LogP contribution in [0.3, 0.4) is 0 Å². The molecule has 4 aromatic rings. The number of carbonyl (C=O) groups excluding carboxylic acids is 2. The van der Waals surface area contributed by atoms with Gasteiger partial charge in [-0.3, -0.25) is 4.79 Å². The van der Waals surface area contributed by atoms with Gasteiger partial charge in [0.2, 0.25) is 5.91 Å². The fraction of sp³-hybridized carbons (Fsp3) is 0.125. The number of nitrogens with two attached hydrogens (primary N) is 1. The molecule has 0 aliphatic heterocycles. The van der Waals surface area contributed by atoms with Crippen LogP contribution in [0.1, 0.15) is 23.9 Å². The number of para-hydroxylation sites is 1. The summed E-state index contributed by atoms with van der Waals surface area (Å²) in [6.45, 7) is 1.76. The highest BCUT2D eigenvalue weighted by atomic mass is 16.5. The molecule has 8 nitrogen and oxygen atoms in total. The monoisotopic (exact) mass is 430 g/mol. The zero-order chi connectivity index (χ0) is 22.5. The molecular formula is C24H22N4O4. The number of primary amides is 1. The Balaban J connectivity index is 1.49. The summed E-state index contributed by atoms with van der Waals surface area (Å²) in [6.07, 6.45) is -0.0202. The molecule has 0 bridgehead atoms. The minimum atomic E-state index is -0.725. The molecule has 0 fully saturated rings. The van der Waals surface area contributed by atoms with Crippen molar-refractivity contribution in [3.8, 4) is 11.5 Å². The largest absolute Gasteiger partial charge is 0.457 e. The van der Waals surface area contributed by atoms with Crippen LogP contribution in [0, 0.1) is 6.92 Å². The average Bonchev–Trinajstić information content (AvgIpc) is 3.13. The van der Waals surface area contributed by atoms with Gasteiger partial charge in [-0.05, 0) is 48.0 Å². The second-order valence-electron chi connectivity index (χ2n) is 7.22. The molecule has 0 aliphatic rings. The second-order valence-corrected chi connectivity index (χ2v) is 7.22. The van der Waals surface area contributed by atoms with Gasteiger partial charge in [0.25, 0.3) is 0 Å². The minimum absolute atomic E-state index is 0.0202. The Bertz CT molecular complexity index is 1250. The van der Waals surface area contributed by atoms with Crippen LogP contribution in [-0.4, -0.2) is 16.9 Å². The Labute approximate surface area is 184 Å². The van der Waals surface area contributed by atoms with Crippen LogP contribution in [0.25, 0.3) is 11.1 Å². The number of oxazole rings is 1. The summed E-state index contributed by atoms with van der Waals surface area (Å²) in [5, 5.41) is 5.46. The highest BCUT2D eigenvalue weighted by molar-refractivity contribution is 5.93. The van der Waals surface area contributed by atoms with E-state index in [0.717, 1.165) is 0 Å². The number of ether oxygens (including phenoxy) is 1. The minimum Gasteiger partial charge on any atom is -0.457 e. The van der Waals surface area contributed by atoms with Gasteiger partial charge in [-0.2, -0.15) is 0 Å². The number of hydrogen-bond donors (Lipinski definition) is 3. The zero-order valence-corrected chi connectivity index (χ0v) is 17.4. The lowest BCUT2D eigenvalue weighted by Gasteiger charge is -2.18. The Morgan fingerprint density at radius 2 is 1.81 bits per heavy atom. The van der Waals surface area contributed by atoms with E-state index in [9.17, 15) is 9.59 Å². The molecule has 1 heterocycles. The van der Waals surface area contributed by atoms with Crippen LogP contribution in [0.5, 0.6) is 11.5 Å². The molecule has 3 aromatic carbocycles. The van der Waals surface area contributed by atoms with E-state index >= 15 is 0 Å². The first-order valence-corrected chi connectivity index (χ1v) is 10.0. The van der Waals surface area contributed by atoms with Crippen molar-refractivity contribution in [2.45, 2.75) is 19.4 Å². The maximum absolute atomic E-state index is 12.7. The van der Waals surface area contributed by atoms with E-state index in [4.69, 9.17) is 14.9 Å². The molecular weight excluding hydrogens is 408 g/mol. The summed E-state index contributed by atoms with van der Waals surface area (Å²) in [5.41, 5.74) is 7.92. The van der Waals surface area contributed by atoms with E-state index in [0.29, 0.717) is 39.7 Å². The summed E-state index contributed by atoms with van der Waals surface area (Å²) in [5.74, 6) is 1.52. The maximum Gasteiger partial charge on any atom is 0.312 e. The predicted octanol–water partition coefficient (Wildman–Crippen LogP) is 4.67. The van der Waals surface area contributed by atoms with Crippen LogP contribution >= 0.6 is 0 Å². The summed E-state index contributed by atoms with van der Waals surface area (Å²) in [7, 11) is 0. The Hall–Kier alpha value is -4.33. The third kappa shape index (κ3) is 5.23. The number of nitrogens with one attached hydrogen (secondary N) is 2. The molecule has 4 N–H and O–H groups in total. The van der Waals surface area contributed by atoms with E-state index in [1.807, 2.05) is 30.3 Å². The number of aryl methyl sites for hydroxylation is 1. The van der Waals surface area contributed by atoms with E-state index in [-0.39, 0.29) is 12.3 Å². The average molecular weight is 430 g/mol. The first kappa shape index (κ1) is 20.9. The Morgan fingerprint density at radius 3 is 2.59 bits per heavy atom. The second kappa shape index (κ2) is 9.22. The Kier molecular flexibility index (Phi) is 6.03. The molecule has 3 amide bonds. The number of amides is 3. The summed E-state index contributed by atoms with van der Waals surface area (Å²) >= 11 is 0. The van der Waals surface area contributed by atoms with Gasteiger partial charge < -0.3 is 25.5 Å². The number of aromatic nitrogens is 1. The SMILES string of the molecule is Cc1nc2cc(NC(=O)CC(NC(N)=O)c3cccc(Oc4ccccc4)c3)ccc2o1. The van der Waals surface area contributed by atoms with Gasteiger partial charge in [0.15, 0.2) is 11.5 Å². The van der Waals surface area contributed by atoms with Crippen LogP contribution < -0.4 is 21.1 Å². The normalized spacial score (nSPS) is 11.7. The lowest BCUT2D eigenvalue weighted by atomic mass is 10.0. The van der Waals surface area contributed by atoms with Crippen molar-refractivity contribution in [1.29, 1.82) is 0 Å². The molecule has 0 spiro atoms. The zero-order valence-electron chi connectivity index (χ0n) is 17.4. The number of hydrogen-bond acceptors (Lipinski definition) is 5. The number of urea groups is 1. The molecule has 1 aromatic heterocycles. The van der Waals surface area contributed by atoms with Crippen LogP contribution in [0.2, 0.25) is 0 Å². The fourth-order valence-electron chi connectivity index (χ4n) is 3.36. The molecule has 4 rings (SSSR count).